The molecule has 0 aliphatic rings. The molecule has 0 bridgehead atoms. The standard InChI is InChI=1S/C56H36N4O/c1-5-15-39(16-6-1)48-35-49(40-17-7-2-8-18-40)59-56(58-48)44-31-27-38(28-32-44)46-34-33-45(53-47-23-13-14-24-52(47)61-54(46)53)37-25-29-42(30-26-37)51-36-50(41-19-9-3-10-20-41)57-55(60-51)43-21-11-4-12-22-43/h1-36H. The average Bonchev–Trinajstić information content (AvgIpc) is 3.75. The lowest BCUT2D eigenvalue weighted by molar-refractivity contribution is 0.670. The molecule has 0 saturated heterocycles. The molecule has 11 aromatic rings. The molecule has 0 atom stereocenters. The van der Waals surface area contributed by atoms with Gasteiger partial charge in [-0.15, -0.1) is 0 Å². The van der Waals surface area contributed by atoms with Crippen LogP contribution in [-0.4, -0.2) is 19.9 Å². The van der Waals surface area contributed by atoms with Crippen LogP contribution in [0, 0.1) is 0 Å². The zero-order chi connectivity index (χ0) is 40.5. The van der Waals surface area contributed by atoms with Crippen molar-refractivity contribution in [2.24, 2.45) is 0 Å². The molecule has 0 amide bonds. The number of hydrogen-bond donors (Lipinski definition) is 0. The van der Waals surface area contributed by atoms with Crippen molar-refractivity contribution in [1.29, 1.82) is 0 Å². The molecular formula is C56H36N4O. The first-order valence-electron chi connectivity index (χ1n) is 20.4. The van der Waals surface area contributed by atoms with E-state index in [0.29, 0.717) is 11.6 Å². The van der Waals surface area contributed by atoms with Crippen molar-refractivity contribution in [3.05, 3.63) is 218 Å². The van der Waals surface area contributed by atoms with Gasteiger partial charge in [0.2, 0.25) is 0 Å². The van der Waals surface area contributed by atoms with E-state index in [1.165, 1.54) is 0 Å². The van der Waals surface area contributed by atoms with E-state index in [1.807, 2.05) is 84.9 Å². The second kappa shape index (κ2) is 15.5. The minimum Gasteiger partial charge on any atom is -0.455 e. The van der Waals surface area contributed by atoms with Gasteiger partial charge >= 0.3 is 0 Å². The SMILES string of the molecule is c1ccc(-c2cc(-c3ccc(-c4ccc(-c5ccc(-c6nc(-c7ccccc7)cc(-c7ccccc7)n6)cc5)c5oc6ccccc6c45)cc3)nc(-c3ccccc3)n2)cc1. The lowest BCUT2D eigenvalue weighted by Crippen LogP contribution is -1.96. The predicted molar refractivity (Wildman–Crippen MR) is 248 cm³/mol. The largest absolute Gasteiger partial charge is 0.455 e. The van der Waals surface area contributed by atoms with Gasteiger partial charge < -0.3 is 4.42 Å². The van der Waals surface area contributed by atoms with Crippen LogP contribution in [0.1, 0.15) is 0 Å². The van der Waals surface area contributed by atoms with E-state index in [4.69, 9.17) is 24.4 Å². The highest BCUT2D eigenvalue weighted by atomic mass is 16.3. The summed E-state index contributed by atoms with van der Waals surface area (Å²) in [5.41, 5.74) is 15.5. The van der Waals surface area contributed by atoms with E-state index in [9.17, 15) is 0 Å². The van der Waals surface area contributed by atoms with Crippen LogP contribution in [0.15, 0.2) is 223 Å². The van der Waals surface area contributed by atoms with Crippen molar-refractivity contribution in [1.82, 2.24) is 19.9 Å². The molecular weight excluding hydrogens is 745 g/mol. The molecule has 3 heterocycles. The fourth-order valence-electron chi connectivity index (χ4n) is 8.07. The maximum Gasteiger partial charge on any atom is 0.160 e. The second-order valence-electron chi connectivity index (χ2n) is 15.0. The lowest BCUT2D eigenvalue weighted by Gasteiger charge is -2.12. The highest BCUT2D eigenvalue weighted by Gasteiger charge is 2.19. The normalized spacial score (nSPS) is 11.3. The Morgan fingerprint density at radius 1 is 0.279 bits per heavy atom. The Morgan fingerprint density at radius 2 is 0.623 bits per heavy atom. The number of fused-ring (bicyclic) bond motifs is 3. The Bertz CT molecular complexity index is 3200. The Hall–Kier alpha value is -8.28. The third-order valence-electron chi connectivity index (χ3n) is 11.2. The highest BCUT2D eigenvalue weighted by molar-refractivity contribution is 6.16. The summed E-state index contributed by atoms with van der Waals surface area (Å²) in [5, 5.41) is 2.15. The maximum absolute atomic E-state index is 6.71. The molecule has 3 aromatic heterocycles. The third-order valence-corrected chi connectivity index (χ3v) is 11.2. The van der Waals surface area contributed by atoms with Crippen LogP contribution in [0.25, 0.3) is 112 Å². The minimum atomic E-state index is 0.675. The van der Waals surface area contributed by atoms with E-state index in [2.05, 4.69) is 133 Å². The van der Waals surface area contributed by atoms with E-state index in [-0.39, 0.29) is 0 Å². The molecule has 0 aliphatic heterocycles. The van der Waals surface area contributed by atoms with Gasteiger partial charge in [-0.1, -0.05) is 194 Å². The number of furan rings is 1. The topological polar surface area (TPSA) is 64.7 Å². The summed E-state index contributed by atoms with van der Waals surface area (Å²) in [4.78, 5) is 20.1. The van der Waals surface area contributed by atoms with Gasteiger partial charge in [0.15, 0.2) is 11.6 Å². The zero-order valence-corrected chi connectivity index (χ0v) is 33.0. The zero-order valence-electron chi connectivity index (χ0n) is 33.0. The van der Waals surface area contributed by atoms with Crippen molar-refractivity contribution in [3.8, 4) is 90.1 Å². The van der Waals surface area contributed by atoms with Crippen LogP contribution in [0.2, 0.25) is 0 Å². The summed E-state index contributed by atoms with van der Waals surface area (Å²) < 4.78 is 6.71. The predicted octanol–water partition coefficient (Wildman–Crippen LogP) is 14.5. The highest BCUT2D eigenvalue weighted by Crippen LogP contribution is 2.42. The van der Waals surface area contributed by atoms with Crippen LogP contribution in [0.3, 0.4) is 0 Å². The first kappa shape index (κ1) is 35.8. The van der Waals surface area contributed by atoms with Gasteiger partial charge in [-0.2, -0.15) is 0 Å². The molecule has 0 saturated carbocycles. The van der Waals surface area contributed by atoms with Crippen molar-refractivity contribution in [2.45, 2.75) is 0 Å². The van der Waals surface area contributed by atoms with Crippen LogP contribution >= 0.6 is 0 Å². The quantitative estimate of drug-likeness (QED) is 0.154. The number of hydrogen-bond acceptors (Lipinski definition) is 5. The number of nitrogens with zero attached hydrogens (tertiary/aromatic N) is 4. The molecule has 5 heteroatoms. The van der Waals surface area contributed by atoms with Gasteiger partial charge in [-0.25, -0.2) is 19.9 Å². The third kappa shape index (κ3) is 6.94. The Balaban J connectivity index is 0.971. The average molecular weight is 781 g/mol. The molecule has 61 heavy (non-hydrogen) atoms. The smallest absolute Gasteiger partial charge is 0.160 e. The van der Waals surface area contributed by atoms with E-state index >= 15 is 0 Å². The van der Waals surface area contributed by atoms with Gasteiger partial charge in [-0.05, 0) is 41.0 Å². The molecule has 0 radical (unpaired) electrons. The van der Waals surface area contributed by atoms with E-state index in [0.717, 1.165) is 100 Å². The Morgan fingerprint density at radius 3 is 1.11 bits per heavy atom. The summed E-state index contributed by atoms with van der Waals surface area (Å²) in [6.45, 7) is 0. The van der Waals surface area contributed by atoms with E-state index < -0.39 is 0 Å². The van der Waals surface area contributed by atoms with E-state index in [1.54, 1.807) is 0 Å². The number of rotatable bonds is 8. The van der Waals surface area contributed by atoms with Crippen molar-refractivity contribution >= 4 is 21.9 Å². The van der Waals surface area contributed by atoms with Gasteiger partial charge in [0, 0.05) is 49.7 Å². The molecule has 0 aliphatic carbocycles. The maximum atomic E-state index is 6.71. The summed E-state index contributed by atoms with van der Waals surface area (Å²) in [5.74, 6) is 1.37. The Kier molecular flexibility index (Phi) is 9.10. The summed E-state index contributed by atoms with van der Waals surface area (Å²) in [7, 11) is 0. The van der Waals surface area contributed by atoms with Crippen LogP contribution in [0.5, 0.6) is 0 Å². The molecule has 0 unspecified atom stereocenters. The van der Waals surface area contributed by atoms with Crippen molar-refractivity contribution in [3.63, 3.8) is 0 Å². The first-order valence-corrected chi connectivity index (χ1v) is 20.4. The van der Waals surface area contributed by atoms with Crippen LogP contribution in [0.4, 0.5) is 0 Å². The first-order chi connectivity index (χ1) is 30.2. The molecule has 5 nitrogen and oxygen atoms in total. The number of benzene rings is 8. The molecule has 8 aromatic carbocycles. The van der Waals surface area contributed by atoms with Crippen molar-refractivity contribution < 1.29 is 4.42 Å². The lowest BCUT2D eigenvalue weighted by atomic mass is 9.93. The summed E-state index contributed by atoms with van der Waals surface area (Å²) in [6, 6.07) is 74.9. The van der Waals surface area contributed by atoms with Gasteiger partial charge in [0.1, 0.15) is 11.2 Å². The fraction of sp³-hybridized carbons (Fsp3) is 0. The molecule has 0 fully saturated rings. The van der Waals surface area contributed by atoms with Crippen LogP contribution in [-0.2, 0) is 0 Å². The monoisotopic (exact) mass is 780 g/mol. The van der Waals surface area contributed by atoms with Gasteiger partial charge in [0.25, 0.3) is 0 Å². The van der Waals surface area contributed by atoms with Gasteiger partial charge in [-0.3, -0.25) is 0 Å². The summed E-state index contributed by atoms with van der Waals surface area (Å²) in [6.07, 6.45) is 0. The second-order valence-corrected chi connectivity index (χ2v) is 15.0. The molecule has 0 N–H and O–H groups in total. The van der Waals surface area contributed by atoms with Crippen molar-refractivity contribution in [2.75, 3.05) is 0 Å². The molecule has 286 valence electrons. The minimum absolute atomic E-state index is 0.675. The molecule has 0 spiro atoms. The fourth-order valence-corrected chi connectivity index (χ4v) is 8.07. The van der Waals surface area contributed by atoms with Crippen LogP contribution < -0.4 is 0 Å². The van der Waals surface area contributed by atoms with Gasteiger partial charge in [0.05, 0.1) is 22.8 Å². The number of aromatic nitrogens is 4. The Labute approximate surface area is 353 Å². The molecule has 11 rings (SSSR count). The summed E-state index contributed by atoms with van der Waals surface area (Å²) >= 11 is 0. The number of para-hydroxylation sites is 1.